The van der Waals surface area contributed by atoms with E-state index in [1.807, 2.05) is 6.07 Å². The van der Waals surface area contributed by atoms with Gasteiger partial charge in [0.25, 0.3) is 0 Å². The summed E-state index contributed by atoms with van der Waals surface area (Å²) in [4.78, 5) is 16.0. The van der Waals surface area contributed by atoms with Crippen molar-refractivity contribution < 1.29 is 4.42 Å². The number of furan rings is 1. The van der Waals surface area contributed by atoms with Crippen LogP contribution in [0.1, 0.15) is 0 Å². The van der Waals surface area contributed by atoms with E-state index in [4.69, 9.17) is 19.4 Å². The van der Waals surface area contributed by atoms with Gasteiger partial charge in [0.1, 0.15) is 11.2 Å². The van der Waals surface area contributed by atoms with Gasteiger partial charge in [-0.05, 0) is 84.2 Å². The van der Waals surface area contributed by atoms with Crippen LogP contribution in [0, 0.1) is 0 Å². The zero-order valence-electron chi connectivity index (χ0n) is 31.8. The maximum absolute atomic E-state index is 6.42. The summed E-state index contributed by atoms with van der Waals surface area (Å²) in [6.07, 6.45) is 0. The molecule has 12 rings (SSSR count). The van der Waals surface area contributed by atoms with Crippen molar-refractivity contribution >= 4 is 65.0 Å². The molecule has 0 aliphatic heterocycles. The molecule has 0 amide bonds. The molecule has 0 aliphatic rings. The van der Waals surface area contributed by atoms with Crippen LogP contribution in [0.3, 0.4) is 0 Å². The Balaban J connectivity index is 1.05. The summed E-state index contributed by atoms with van der Waals surface area (Å²) in [5, 5.41) is 11.4. The van der Waals surface area contributed by atoms with Crippen molar-refractivity contribution in [3.8, 4) is 56.4 Å². The second kappa shape index (κ2) is 13.3. The fourth-order valence-electron chi connectivity index (χ4n) is 8.84. The predicted octanol–water partition coefficient (Wildman–Crippen LogP) is 14.7. The van der Waals surface area contributed by atoms with E-state index in [1.165, 1.54) is 21.5 Å². The first-order chi connectivity index (χ1) is 29.2. The van der Waals surface area contributed by atoms with E-state index in [0.29, 0.717) is 17.5 Å². The summed E-state index contributed by atoms with van der Waals surface area (Å²) in [6.45, 7) is 0. The number of rotatable bonds is 5. The van der Waals surface area contributed by atoms with Gasteiger partial charge in [0, 0.05) is 32.8 Å². The van der Waals surface area contributed by atoms with Gasteiger partial charge < -0.3 is 4.42 Å². The molecule has 0 aliphatic carbocycles. The molecule has 0 fully saturated rings. The first-order valence-corrected chi connectivity index (χ1v) is 19.9. The Morgan fingerprint density at radius 3 is 1.69 bits per heavy atom. The van der Waals surface area contributed by atoms with Crippen LogP contribution in [-0.2, 0) is 0 Å². The van der Waals surface area contributed by atoms with Crippen molar-refractivity contribution in [3.05, 3.63) is 200 Å². The normalized spacial score (nSPS) is 11.7. The van der Waals surface area contributed by atoms with Crippen molar-refractivity contribution in [2.45, 2.75) is 0 Å². The number of aromatic nitrogens is 3. The molecule has 0 radical (unpaired) electrons. The number of fused-ring (bicyclic) bond motifs is 9. The molecule has 0 spiro atoms. The largest absolute Gasteiger partial charge is 0.455 e. The maximum Gasteiger partial charge on any atom is 0.165 e. The predicted molar refractivity (Wildman–Crippen MR) is 244 cm³/mol. The van der Waals surface area contributed by atoms with Crippen molar-refractivity contribution in [2.75, 3.05) is 0 Å². The zero-order valence-corrected chi connectivity index (χ0v) is 31.8. The van der Waals surface area contributed by atoms with Gasteiger partial charge >= 0.3 is 0 Å². The molecule has 2 heterocycles. The van der Waals surface area contributed by atoms with Gasteiger partial charge in [0.2, 0.25) is 0 Å². The van der Waals surface area contributed by atoms with Gasteiger partial charge in [-0.2, -0.15) is 0 Å². The van der Waals surface area contributed by atoms with Crippen LogP contribution in [0.5, 0.6) is 0 Å². The number of benzene rings is 10. The van der Waals surface area contributed by atoms with Crippen molar-refractivity contribution in [1.82, 2.24) is 15.0 Å². The zero-order chi connectivity index (χ0) is 38.9. The number of hydrogen-bond acceptors (Lipinski definition) is 4. The van der Waals surface area contributed by atoms with E-state index < -0.39 is 0 Å². The molecule has 4 nitrogen and oxygen atoms in total. The van der Waals surface area contributed by atoms with E-state index in [-0.39, 0.29) is 0 Å². The van der Waals surface area contributed by atoms with Crippen LogP contribution in [0.25, 0.3) is 121 Å². The molecule has 0 unspecified atom stereocenters. The van der Waals surface area contributed by atoms with Crippen LogP contribution in [-0.4, -0.2) is 15.0 Å². The average Bonchev–Trinajstić information content (AvgIpc) is 3.69. The molecule has 0 saturated heterocycles. The van der Waals surface area contributed by atoms with Crippen LogP contribution in [0.2, 0.25) is 0 Å². The highest BCUT2D eigenvalue weighted by molar-refractivity contribution is 6.20. The summed E-state index contributed by atoms with van der Waals surface area (Å²) < 4.78 is 6.42. The minimum atomic E-state index is 0.615. The van der Waals surface area contributed by atoms with Crippen molar-refractivity contribution in [1.29, 1.82) is 0 Å². The van der Waals surface area contributed by atoms with E-state index in [9.17, 15) is 0 Å². The Morgan fingerprint density at radius 2 is 0.881 bits per heavy atom. The van der Waals surface area contributed by atoms with Crippen molar-refractivity contribution in [3.63, 3.8) is 0 Å². The molecule has 0 saturated carbocycles. The van der Waals surface area contributed by atoms with Gasteiger partial charge in [-0.3, -0.25) is 0 Å². The quantitative estimate of drug-likeness (QED) is 0.130. The third-order valence-electron chi connectivity index (χ3n) is 11.7. The monoisotopic (exact) mass is 751 g/mol. The van der Waals surface area contributed by atoms with Crippen LogP contribution in [0.4, 0.5) is 0 Å². The molecule has 12 aromatic rings. The van der Waals surface area contributed by atoms with E-state index >= 15 is 0 Å². The standard InChI is InChI=1S/C55H33N3O/c1-2-12-35(13-3-1)41-17-10-11-21-47(41)54-56-53(57-55(58-54)51-43-19-8-6-16-40(43)33-48-42-18-7-4-14-36(42)26-29-45(48)51)38-24-22-34(23-25-38)39-28-31-50-49(32-39)46-30-27-37-15-5-9-20-44(37)52(46)59-50/h1-33H. The molecule has 274 valence electrons. The lowest BCUT2D eigenvalue weighted by atomic mass is 9.93. The molecular weight excluding hydrogens is 719 g/mol. The smallest absolute Gasteiger partial charge is 0.165 e. The van der Waals surface area contributed by atoms with Gasteiger partial charge in [0.15, 0.2) is 17.5 Å². The molecule has 10 aromatic carbocycles. The summed E-state index contributed by atoms with van der Waals surface area (Å²) >= 11 is 0. The maximum atomic E-state index is 6.42. The van der Waals surface area contributed by atoms with Gasteiger partial charge in [-0.15, -0.1) is 0 Å². The Labute approximate surface area is 339 Å². The Morgan fingerprint density at radius 1 is 0.288 bits per heavy atom. The summed E-state index contributed by atoms with van der Waals surface area (Å²) in [5.74, 6) is 1.88. The third-order valence-corrected chi connectivity index (χ3v) is 11.7. The first kappa shape index (κ1) is 33.2. The van der Waals surface area contributed by atoms with Crippen LogP contribution >= 0.6 is 0 Å². The molecule has 2 aromatic heterocycles. The molecule has 59 heavy (non-hydrogen) atoms. The Bertz CT molecular complexity index is 3610. The minimum Gasteiger partial charge on any atom is -0.455 e. The summed E-state index contributed by atoms with van der Waals surface area (Å²) in [6, 6.07) is 70.4. The average molecular weight is 752 g/mol. The second-order valence-electron chi connectivity index (χ2n) is 15.1. The molecule has 0 N–H and O–H groups in total. The lowest BCUT2D eigenvalue weighted by molar-refractivity contribution is 0.672. The summed E-state index contributed by atoms with van der Waals surface area (Å²) in [7, 11) is 0. The SMILES string of the molecule is c1ccc(-c2ccccc2-c2nc(-c3ccc(-c4ccc5oc6c7ccccc7ccc6c5c4)cc3)nc(-c3c4ccccc4cc4c3ccc3ccccc34)n2)cc1. The number of nitrogens with zero attached hydrogens (tertiary/aromatic N) is 3. The Hall–Kier alpha value is -7.95. The third kappa shape index (κ3) is 5.49. The highest BCUT2D eigenvalue weighted by atomic mass is 16.3. The Kier molecular flexibility index (Phi) is 7.50. The highest BCUT2D eigenvalue weighted by Gasteiger charge is 2.20. The fraction of sp³-hybridized carbons (Fsp3) is 0. The topological polar surface area (TPSA) is 51.8 Å². The highest BCUT2D eigenvalue weighted by Crippen LogP contribution is 2.41. The van der Waals surface area contributed by atoms with Gasteiger partial charge in [-0.25, -0.2) is 15.0 Å². The molecule has 0 atom stereocenters. The summed E-state index contributed by atoms with van der Waals surface area (Å²) in [5.41, 5.74) is 9.04. The van der Waals surface area contributed by atoms with E-state index in [0.717, 1.165) is 82.4 Å². The van der Waals surface area contributed by atoms with Crippen LogP contribution in [0.15, 0.2) is 205 Å². The van der Waals surface area contributed by atoms with E-state index in [1.54, 1.807) is 0 Å². The second-order valence-corrected chi connectivity index (χ2v) is 15.1. The van der Waals surface area contributed by atoms with E-state index in [2.05, 4.69) is 194 Å². The van der Waals surface area contributed by atoms with Crippen molar-refractivity contribution in [2.24, 2.45) is 0 Å². The molecule has 4 heteroatoms. The van der Waals surface area contributed by atoms with Gasteiger partial charge in [0.05, 0.1) is 0 Å². The minimum absolute atomic E-state index is 0.615. The lowest BCUT2D eigenvalue weighted by Crippen LogP contribution is -2.02. The molecule has 0 bridgehead atoms. The lowest BCUT2D eigenvalue weighted by Gasteiger charge is -2.15. The van der Waals surface area contributed by atoms with Crippen LogP contribution < -0.4 is 0 Å². The van der Waals surface area contributed by atoms with Gasteiger partial charge in [-0.1, -0.05) is 176 Å². The first-order valence-electron chi connectivity index (χ1n) is 19.9. The number of hydrogen-bond donors (Lipinski definition) is 0. The molecular formula is C55H33N3O. The fourth-order valence-corrected chi connectivity index (χ4v) is 8.84.